The van der Waals surface area contributed by atoms with E-state index in [-0.39, 0.29) is 23.7 Å². The number of aliphatic carboxylic acids is 2. The van der Waals surface area contributed by atoms with Crippen molar-refractivity contribution in [1.29, 1.82) is 0 Å². The van der Waals surface area contributed by atoms with E-state index in [0.29, 0.717) is 10.9 Å². The van der Waals surface area contributed by atoms with E-state index in [0.717, 1.165) is 17.3 Å². The number of rotatable bonds is 12. The van der Waals surface area contributed by atoms with Crippen LogP contribution in [0.4, 0.5) is 0 Å². The second-order valence-corrected chi connectivity index (χ2v) is 8.17. The molecule has 0 saturated carbocycles. The van der Waals surface area contributed by atoms with E-state index >= 15 is 0 Å². The van der Waals surface area contributed by atoms with Crippen LogP contribution < -0.4 is 16.4 Å². The molecule has 1 heterocycles. The Morgan fingerprint density at radius 3 is 2.45 bits per heavy atom. The number of carboxylic acid groups (broad SMARTS) is 2. The van der Waals surface area contributed by atoms with Gasteiger partial charge in [-0.05, 0) is 6.42 Å². The molecular weight excluding hydrogens is 474 g/mol. The lowest BCUT2D eigenvalue weighted by Crippen LogP contribution is -2.49. The van der Waals surface area contributed by atoms with Crippen LogP contribution >= 0.6 is 23.4 Å². The van der Waals surface area contributed by atoms with Gasteiger partial charge < -0.3 is 26.6 Å². The molecule has 0 aliphatic rings. The summed E-state index contributed by atoms with van der Waals surface area (Å²) in [4.78, 5) is 54.8. The highest BCUT2D eigenvalue weighted by Crippen LogP contribution is 2.24. The summed E-state index contributed by atoms with van der Waals surface area (Å²) in [7, 11) is 0. The van der Waals surface area contributed by atoms with Crippen LogP contribution in [0.2, 0.25) is 5.15 Å². The van der Waals surface area contributed by atoms with Crippen molar-refractivity contribution >= 4 is 47.1 Å². The van der Waals surface area contributed by atoms with E-state index in [1.807, 2.05) is 30.3 Å². The summed E-state index contributed by atoms with van der Waals surface area (Å²) in [6.07, 6.45) is -0.349. The summed E-state index contributed by atoms with van der Waals surface area (Å²) in [5, 5.41) is 22.9. The topological polar surface area (TPSA) is 185 Å². The van der Waals surface area contributed by atoms with Crippen LogP contribution in [0, 0.1) is 0 Å². The molecule has 0 spiro atoms. The predicted octanol–water partition coefficient (Wildman–Crippen LogP) is 0.767. The number of benzene rings is 1. The highest BCUT2D eigenvalue weighted by atomic mass is 35.5. The average molecular weight is 496 g/mol. The molecule has 0 aliphatic carbocycles. The van der Waals surface area contributed by atoms with Crippen LogP contribution in [-0.2, 0) is 19.2 Å². The summed E-state index contributed by atoms with van der Waals surface area (Å²) < 4.78 is 0. The van der Waals surface area contributed by atoms with Gasteiger partial charge in [-0.3, -0.25) is 19.2 Å². The number of carbonyl (C=O) groups is 4. The molecule has 6 N–H and O–H groups in total. The number of hydrogen-bond donors (Lipinski definition) is 5. The quantitative estimate of drug-likeness (QED) is 0.208. The van der Waals surface area contributed by atoms with Gasteiger partial charge in [-0.1, -0.05) is 41.9 Å². The van der Waals surface area contributed by atoms with Crippen LogP contribution in [0.5, 0.6) is 0 Å². The van der Waals surface area contributed by atoms with Gasteiger partial charge in [-0.25, -0.2) is 9.97 Å². The Morgan fingerprint density at radius 2 is 1.82 bits per heavy atom. The number of carbonyl (C=O) groups excluding carboxylic acids is 2. The number of halogens is 1. The Balaban J connectivity index is 2.10. The highest BCUT2D eigenvalue weighted by molar-refractivity contribution is 7.99. The minimum atomic E-state index is -1.25. The van der Waals surface area contributed by atoms with Gasteiger partial charge in [0.2, 0.25) is 11.8 Å². The number of nitrogens with zero attached hydrogens (tertiary/aromatic N) is 2. The first kappa shape index (κ1) is 26.0. The third-order valence-electron chi connectivity index (χ3n) is 4.17. The molecule has 11 nitrogen and oxygen atoms in total. The fourth-order valence-electron chi connectivity index (χ4n) is 2.50. The van der Waals surface area contributed by atoms with Crippen molar-refractivity contribution in [3.05, 3.63) is 41.6 Å². The van der Waals surface area contributed by atoms with E-state index < -0.39 is 42.4 Å². The Labute approximate surface area is 198 Å². The molecule has 0 bridgehead atoms. The molecule has 2 atom stereocenters. The van der Waals surface area contributed by atoms with Crippen molar-refractivity contribution in [1.82, 2.24) is 20.6 Å². The third kappa shape index (κ3) is 9.04. The van der Waals surface area contributed by atoms with Crippen molar-refractivity contribution in [2.75, 3.05) is 12.3 Å². The Kier molecular flexibility index (Phi) is 10.0. The highest BCUT2D eigenvalue weighted by Gasteiger charge is 2.23. The Bertz CT molecular complexity index is 1010. The molecule has 176 valence electrons. The number of thioether (sulfide) groups is 1. The van der Waals surface area contributed by atoms with Gasteiger partial charge in [0, 0.05) is 23.8 Å². The molecule has 0 saturated heterocycles. The molecule has 2 aromatic rings. The molecule has 0 unspecified atom stereocenters. The minimum absolute atomic E-state index is 0.00372. The molecule has 13 heteroatoms. The maximum absolute atomic E-state index is 12.4. The number of nitrogens with two attached hydrogens (primary N) is 1. The van der Waals surface area contributed by atoms with E-state index in [1.165, 1.54) is 6.07 Å². The second kappa shape index (κ2) is 12.7. The molecule has 1 aromatic carbocycles. The average Bonchev–Trinajstić information content (AvgIpc) is 2.78. The first-order valence-corrected chi connectivity index (χ1v) is 11.0. The second-order valence-electron chi connectivity index (χ2n) is 6.74. The molecular formula is C20H22ClN5O6S. The van der Waals surface area contributed by atoms with Crippen molar-refractivity contribution in [2.24, 2.45) is 5.73 Å². The predicted molar refractivity (Wildman–Crippen MR) is 121 cm³/mol. The molecule has 2 amide bonds. The number of amides is 2. The number of aromatic nitrogens is 2. The van der Waals surface area contributed by atoms with E-state index in [9.17, 15) is 19.2 Å². The van der Waals surface area contributed by atoms with Crippen molar-refractivity contribution in [3.63, 3.8) is 0 Å². The zero-order chi connectivity index (χ0) is 24.4. The van der Waals surface area contributed by atoms with Crippen LogP contribution in [0.1, 0.15) is 12.8 Å². The molecule has 33 heavy (non-hydrogen) atoms. The minimum Gasteiger partial charge on any atom is -0.480 e. The molecule has 0 fully saturated rings. The summed E-state index contributed by atoms with van der Waals surface area (Å²) in [5.41, 5.74) is 6.13. The number of hydrogen-bond acceptors (Lipinski definition) is 8. The largest absolute Gasteiger partial charge is 0.480 e. The summed E-state index contributed by atoms with van der Waals surface area (Å²) >= 11 is 7.21. The van der Waals surface area contributed by atoms with Crippen LogP contribution in [0.25, 0.3) is 11.4 Å². The zero-order valence-electron chi connectivity index (χ0n) is 17.2. The lowest BCUT2D eigenvalue weighted by Gasteiger charge is -2.18. The monoisotopic (exact) mass is 495 g/mol. The van der Waals surface area contributed by atoms with Gasteiger partial charge in [0.05, 0.1) is 0 Å². The van der Waals surface area contributed by atoms with Gasteiger partial charge in [0.25, 0.3) is 0 Å². The van der Waals surface area contributed by atoms with Gasteiger partial charge in [0.1, 0.15) is 28.8 Å². The van der Waals surface area contributed by atoms with Crippen molar-refractivity contribution < 1.29 is 29.4 Å². The number of nitrogens with one attached hydrogen (secondary N) is 2. The smallest absolute Gasteiger partial charge is 0.322 e. The molecule has 2 rings (SSSR count). The van der Waals surface area contributed by atoms with Crippen LogP contribution in [-0.4, -0.2) is 68.3 Å². The fraction of sp³-hybridized carbons (Fsp3) is 0.300. The maximum atomic E-state index is 12.4. The zero-order valence-corrected chi connectivity index (χ0v) is 18.8. The molecule has 1 aromatic heterocycles. The normalized spacial score (nSPS) is 12.4. The summed E-state index contributed by atoms with van der Waals surface area (Å²) in [6.45, 7) is -0.628. The lowest BCUT2D eigenvalue weighted by atomic mass is 10.1. The van der Waals surface area contributed by atoms with Crippen molar-refractivity contribution in [3.8, 4) is 11.4 Å². The molecule has 0 radical (unpaired) electrons. The standard InChI is InChI=1S/C20H22ClN5O6S/c21-14-8-16(26-18(25-14)11-4-2-1-3-5-11)33-10-13(19(30)23-9-17(28)29)24-15(27)7-6-12(22)20(31)32/h1-5,8,12-13H,6-7,9-10,22H2,(H,23,30)(H,24,27)(H,28,29)(H,31,32)/t12-,13-/m0/s1. The maximum Gasteiger partial charge on any atom is 0.322 e. The summed E-state index contributed by atoms with van der Waals surface area (Å²) in [6, 6.07) is 8.27. The van der Waals surface area contributed by atoms with Gasteiger partial charge in [-0.15, -0.1) is 11.8 Å². The van der Waals surface area contributed by atoms with Gasteiger partial charge in [0.15, 0.2) is 5.82 Å². The van der Waals surface area contributed by atoms with Crippen LogP contribution in [0.3, 0.4) is 0 Å². The molecule has 0 aliphatic heterocycles. The SMILES string of the molecule is N[C@@H](CCC(=O)N[C@@H](CSc1cc(Cl)nc(-c2ccccc2)n1)C(=O)NCC(=O)O)C(=O)O. The van der Waals surface area contributed by atoms with Gasteiger partial charge in [-0.2, -0.15) is 0 Å². The fourth-order valence-corrected chi connectivity index (χ4v) is 3.67. The first-order chi connectivity index (χ1) is 15.7. The van der Waals surface area contributed by atoms with E-state index in [1.54, 1.807) is 0 Å². The first-order valence-electron chi connectivity index (χ1n) is 9.65. The Morgan fingerprint density at radius 1 is 1.12 bits per heavy atom. The summed E-state index contributed by atoms with van der Waals surface area (Å²) in [5.74, 6) is -3.43. The Hall–Kier alpha value is -3.22. The number of carboxylic acids is 2. The van der Waals surface area contributed by atoms with Crippen molar-refractivity contribution in [2.45, 2.75) is 30.0 Å². The van der Waals surface area contributed by atoms with E-state index in [2.05, 4.69) is 20.6 Å². The lowest BCUT2D eigenvalue weighted by molar-refractivity contribution is -0.139. The van der Waals surface area contributed by atoms with E-state index in [4.69, 9.17) is 27.5 Å². The van der Waals surface area contributed by atoms with Crippen LogP contribution in [0.15, 0.2) is 41.4 Å². The third-order valence-corrected chi connectivity index (χ3v) is 5.36. The van der Waals surface area contributed by atoms with Gasteiger partial charge >= 0.3 is 11.9 Å².